The van der Waals surface area contributed by atoms with Crippen LogP contribution in [0.2, 0.25) is 0 Å². The maximum atomic E-state index is 4.49. The molecule has 5 heteroatoms. The minimum absolute atomic E-state index is 0.937. The Morgan fingerprint density at radius 2 is 1.95 bits per heavy atom. The average Bonchev–Trinajstić information content (AvgIpc) is 2.50. The molecule has 2 aromatic rings. The van der Waals surface area contributed by atoms with Gasteiger partial charge in [0.25, 0.3) is 0 Å². The van der Waals surface area contributed by atoms with Gasteiger partial charge in [0.15, 0.2) is 0 Å². The van der Waals surface area contributed by atoms with Crippen molar-refractivity contribution >= 4 is 33.5 Å². The summed E-state index contributed by atoms with van der Waals surface area (Å²) in [5, 5.41) is 4.45. The first-order valence-electron chi connectivity index (χ1n) is 7.26. The molecule has 0 spiro atoms. The Labute approximate surface area is 139 Å². The molecule has 0 bridgehead atoms. The third-order valence-corrected chi connectivity index (χ3v) is 5.07. The molecule has 0 aliphatic heterocycles. The second-order valence-electron chi connectivity index (χ2n) is 4.72. The molecule has 3 nitrogen and oxygen atoms in total. The third-order valence-electron chi connectivity index (χ3n) is 2.99. The van der Waals surface area contributed by atoms with Crippen molar-refractivity contribution < 1.29 is 0 Å². The number of nitrogens with one attached hydrogen (secondary N) is 1. The molecule has 0 fully saturated rings. The zero-order chi connectivity index (χ0) is 15.1. The molecule has 1 aromatic heterocycles. The molecule has 0 atom stereocenters. The molecule has 112 valence electrons. The summed E-state index contributed by atoms with van der Waals surface area (Å²) in [7, 11) is 0. The van der Waals surface area contributed by atoms with Gasteiger partial charge in [0.05, 0.1) is 0 Å². The maximum absolute atomic E-state index is 4.49. The third kappa shape index (κ3) is 4.45. The number of hydrogen-bond acceptors (Lipinski definition) is 4. The Morgan fingerprint density at radius 1 is 1.14 bits per heavy atom. The second kappa shape index (κ2) is 8.39. The minimum atomic E-state index is 0.937. The highest BCUT2D eigenvalue weighted by Crippen LogP contribution is 2.35. The summed E-state index contributed by atoms with van der Waals surface area (Å²) in [5.74, 6) is 0.975. The molecule has 0 amide bonds. The van der Waals surface area contributed by atoms with E-state index in [4.69, 9.17) is 0 Å². The van der Waals surface area contributed by atoms with Crippen molar-refractivity contribution in [1.29, 1.82) is 0 Å². The van der Waals surface area contributed by atoms with Crippen molar-refractivity contribution in [2.75, 3.05) is 11.9 Å². The predicted molar refractivity (Wildman–Crippen MR) is 93.1 cm³/mol. The first-order valence-corrected chi connectivity index (χ1v) is 8.87. The highest BCUT2D eigenvalue weighted by atomic mass is 79.9. The van der Waals surface area contributed by atoms with Gasteiger partial charge in [-0.25, -0.2) is 9.97 Å². The summed E-state index contributed by atoms with van der Waals surface area (Å²) in [6.45, 7) is 5.28. The lowest BCUT2D eigenvalue weighted by molar-refractivity contribution is 0.848. The number of anilines is 1. The van der Waals surface area contributed by atoms with Gasteiger partial charge in [-0.1, -0.05) is 44.2 Å². The number of rotatable bonds is 7. The lowest BCUT2D eigenvalue weighted by atomic mass is 10.2. The molecular weight excluding hydrogens is 346 g/mol. The van der Waals surface area contributed by atoms with Crippen LogP contribution in [0.3, 0.4) is 0 Å². The lowest BCUT2D eigenvalue weighted by Crippen LogP contribution is -2.07. The van der Waals surface area contributed by atoms with Gasteiger partial charge in [0, 0.05) is 21.5 Å². The molecule has 0 saturated carbocycles. The normalized spacial score (nSPS) is 10.6. The van der Waals surface area contributed by atoms with E-state index in [1.807, 2.05) is 12.1 Å². The van der Waals surface area contributed by atoms with E-state index in [1.54, 1.807) is 18.1 Å². The van der Waals surface area contributed by atoms with Crippen molar-refractivity contribution in [1.82, 2.24) is 9.97 Å². The van der Waals surface area contributed by atoms with Gasteiger partial charge in [-0.3, -0.25) is 0 Å². The van der Waals surface area contributed by atoms with E-state index < -0.39 is 0 Å². The Morgan fingerprint density at radius 3 is 2.67 bits per heavy atom. The molecule has 0 saturated heterocycles. The topological polar surface area (TPSA) is 37.8 Å². The zero-order valence-electron chi connectivity index (χ0n) is 12.4. The first kappa shape index (κ1) is 16.3. The van der Waals surface area contributed by atoms with Crippen molar-refractivity contribution in [3.8, 4) is 0 Å². The van der Waals surface area contributed by atoms with Crippen LogP contribution >= 0.6 is 27.7 Å². The van der Waals surface area contributed by atoms with Crippen LogP contribution in [0, 0.1) is 0 Å². The summed E-state index contributed by atoms with van der Waals surface area (Å²) in [6.07, 6.45) is 4.80. The first-order chi connectivity index (χ1) is 10.3. The molecule has 1 N–H and O–H groups in total. The largest absolute Gasteiger partial charge is 0.370 e. The van der Waals surface area contributed by atoms with Crippen molar-refractivity contribution in [2.24, 2.45) is 0 Å². The van der Waals surface area contributed by atoms with Crippen LogP contribution in [0.4, 0.5) is 5.82 Å². The summed E-state index contributed by atoms with van der Waals surface area (Å²) < 4.78 is 1.10. The smallest absolute Gasteiger partial charge is 0.133 e. The van der Waals surface area contributed by atoms with E-state index in [2.05, 4.69) is 57.2 Å². The Bertz CT molecular complexity index is 589. The standard InChI is InChI=1S/C16H20BrN3S/c1-3-7-12-15(18-10-4-2)19-11-20-16(12)21-14-9-6-5-8-13(14)17/h5-6,8-9,11H,3-4,7,10H2,1-2H3,(H,18,19,20). The van der Waals surface area contributed by atoms with Gasteiger partial charge in [-0.2, -0.15) is 0 Å². The van der Waals surface area contributed by atoms with E-state index in [0.29, 0.717) is 0 Å². The fourth-order valence-corrected chi connectivity index (χ4v) is 3.46. The average molecular weight is 366 g/mol. The van der Waals surface area contributed by atoms with E-state index in [0.717, 1.165) is 41.1 Å². The van der Waals surface area contributed by atoms with Gasteiger partial charge in [0.1, 0.15) is 17.2 Å². The molecule has 0 radical (unpaired) electrons. The fraction of sp³-hybridized carbons (Fsp3) is 0.375. The Balaban J connectivity index is 2.31. The molecule has 21 heavy (non-hydrogen) atoms. The van der Waals surface area contributed by atoms with Crippen LogP contribution in [0.15, 0.2) is 45.0 Å². The Hall–Kier alpha value is -1.07. The number of nitrogens with zero attached hydrogens (tertiary/aromatic N) is 2. The van der Waals surface area contributed by atoms with Crippen LogP contribution in [0.1, 0.15) is 32.3 Å². The molecule has 1 aromatic carbocycles. The van der Waals surface area contributed by atoms with Gasteiger partial charge < -0.3 is 5.32 Å². The highest BCUT2D eigenvalue weighted by Gasteiger charge is 2.13. The quantitative estimate of drug-likeness (QED) is 0.687. The molecule has 1 heterocycles. The number of hydrogen-bond donors (Lipinski definition) is 1. The van der Waals surface area contributed by atoms with E-state index in [1.165, 1.54) is 10.5 Å². The summed E-state index contributed by atoms with van der Waals surface area (Å²) in [5.41, 5.74) is 1.22. The summed E-state index contributed by atoms with van der Waals surface area (Å²) in [6, 6.07) is 8.23. The lowest BCUT2D eigenvalue weighted by Gasteiger charge is -2.13. The van der Waals surface area contributed by atoms with Gasteiger partial charge in [-0.15, -0.1) is 0 Å². The maximum Gasteiger partial charge on any atom is 0.133 e. The Kier molecular flexibility index (Phi) is 6.51. The summed E-state index contributed by atoms with van der Waals surface area (Å²) in [4.78, 5) is 10.1. The van der Waals surface area contributed by atoms with Gasteiger partial charge >= 0.3 is 0 Å². The second-order valence-corrected chi connectivity index (χ2v) is 6.60. The van der Waals surface area contributed by atoms with Gasteiger partial charge in [0.2, 0.25) is 0 Å². The molecule has 2 rings (SSSR count). The highest BCUT2D eigenvalue weighted by molar-refractivity contribution is 9.10. The van der Waals surface area contributed by atoms with E-state index >= 15 is 0 Å². The van der Waals surface area contributed by atoms with Crippen molar-refractivity contribution in [3.63, 3.8) is 0 Å². The van der Waals surface area contributed by atoms with Crippen LogP contribution in [0.25, 0.3) is 0 Å². The van der Waals surface area contributed by atoms with Crippen LogP contribution in [-0.2, 0) is 6.42 Å². The van der Waals surface area contributed by atoms with Crippen LogP contribution in [0.5, 0.6) is 0 Å². The molecule has 0 aliphatic carbocycles. The monoisotopic (exact) mass is 365 g/mol. The SMILES string of the molecule is CCCNc1ncnc(Sc2ccccc2Br)c1CCC. The number of aromatic nitrogens is 2. The predicted octanol–water partition coefficient (Wildman–Crippen LogP) is 5.16. The van der Waals surface area contributed by atoms with Gasteiger partial charge in [-0.05, 0) is 40.9 Å². The van der Waals surface area contributed by atoms with Crippen LogP contribution in [-0.4, -0.2) is 16.5 Å². The minimum Gasteiger partial charge on any atom is -0.370 e. The molecular formula is C16H20BrN3S. The van der Waals surface area contributed by atoms with Crippen molar-refractivity contribution in [2.45, 2.75) is 43.0 Å². The molecule has 0 aliphatic rings. The number of halogens is 1. The number of benzene rings is 1. The fourth-order valence-electron chi connectivity index (χ4n) is 1.99. The van der Waals surface area contributed by atoms with Crippen molar-refractivity contribution in [3.05, 3.63) is 40.6 Å². The molecule has 0 unspecified atom stereocenters. The summed E-state index contributed by atoms with van der Waals surface area (Å²) >= 11 is 5.29. The van der Waals surface area contributed by atoms with E-state index in [-0.39, 0.29) is 0 Å². The zero-order valence-corrected chi connectivity index (χ0v) is 14.8. The van der Waals surface area contributed by atoms with Crippen LogP contribution < -0.4 is 5.32 Å². The van der Waals surface area contributed by atoms with E-state index in [9.17, 15) is 0 Å².